The Kier molecular flexibility index (Phi) is 4.42. The molecule has 0 saturated carbocycles. The van der Waals surface area contributed by atoms with E-state index < -0.39 is 0 Å². The molecule has 1 aliphatic heterocycles. The van der Waals surface area contributed by atoms with Crippen LogP contribution in [-0.4, -0.2) is 29.1 Å². The van der Waals surface area contributed by atoms with Crippen LogP contribution in [0.25, 0.3) is 0 Å². The second-order valence-electron chi connectivity index (χ2n) is 5.84. The molecule has 2 rings (SSSR count). The molecule has 0 bridgehead atoms. The molecule has 0 spiro atoms. The summed E-state index contributed by atoms with van der Waals surface area (Å²) in [6.07, 6.45) is 3.34. The molecule has 6 heteroatoms. The summed E-state index contributed by atoms with van der Waals surface area (Å²) < 4.78 is 0. The summed E-state index contributed by atoms with van der Waals surface area (Å²) in [6.45, 7) is 7.96. The van der Waals surface area contributed by atoms with Crippen LogP contribution < -0.4 is 10.7 Å². The van der Waals surface area contributed by atoms with Crippen LogP contribution in [0.1, 0.15) is 45.7 Å². The third-order valence-corrected chi connectivity index (χ3v) is 3.85. The minimum atomic E-state index is -0.114. The number of hydrogen-bond acceptors (Lipinski definition) is 4. The van der Waals surface area contributed by atoms with Gasteiger partial charge in [-0.1, -0.05) is 27.2 Å². The Morgan fingerprint density at radius 2 is 2.21 bits per heavy atom. The highest BCUT2D eigenvalue weighted by molar-refractivity contribution is 7.13. The van der Waals surface area contributed by atoms with Gasteiger partial charge in [-0.3, -0.25) is 10.3 Å². The van der Waals surface area contributed by atoms with E-state index in [4.69, 9.17) is 0 Å². The number of nitrogens with one attached hydrogen (secondary N) is 2. The van der Waals surface area contributed by atoms with Gasteiger partial charge in [0.25, 0.3) is 0 Å². The van der Waals surface area contributed by atoms with Crippen molar-refractivity contribution in [1.29, 1.82) is 0 Å². The number of urea groups is 1. The zero-order valence-electron chi connectivity index (χ0n) is 11.8. The van der Waals surface area contributed by atoms with Gasteiger partial charge in [0.15, 0.2) is 5.13 Å². The van der Waals surface area contributed by atoms with Crippen LogP contribution in [-0.2, 0) is 5.41 Å². The van der Waals surface area contributed by atoms with Crippen LogP contribution in [0, 0.1) is 0 Å². The van der Waals surface area contributed by atoms with Crippen molar-refractivity contribution in [3.05, 3.63) is 11.1 Å². The summed E-state index contributed by atoms with van der Waals surface area (Å²) in [5.74, 6) is 0. The molecule has 2 N–H and O–H groups in total. The number of carbonyl (C=O) groups excluding carboxylic acids is 1. The van der Waals surface area contributed by atoms with Crippen molar-refractivity contribution >= 4 is 22.5 Å². The molecule has 1 aliphatic rings. The quantitative estimate of drug-likeness (QED) is 0.832. The topological polar surface area (TPSA) is 57.3 Å². The first kappa shape index (κ1) is 14.3. The second kappa shape index (κ2) is 5.88. The zero-order chi connectivity index (χ0) is 13.9. The Morgan fingerprint density at radius 3 is 2.89 bits per heavy atom. The molecule has 0 atom stereocenters. The molecule has 5 nitrogen and oxygen atoms in total. The van der Waals surface area contributed by atoms with Crippen LogP contribution in [0.5, 0.6) is 0 Å². The zero-order valence-corrected chi connectivity index (χ0v) is 12.6. The minimum absolute atomic E-state index is 0.0142. The molecule has 106 valence electrons. The number of hydrogen-bond donors (Lipinski definition) is 2. The Balaban J connectivity index is 1.96. The van der Waals surface area contributed by atoms with Crippen molar-refractivity contribution in [2.75, 3.05) is 18.4 Å². The molecular formula is C13H22N4OS. The first-order valence-electron chi connectivity index (χ1n) is 6.75. The fourth-order valence-corrected chi connectivity index (χ4v) is 2.80. The van der Waals surface area contributed by atoms with E-state index in [1.54, 1.807) is 5.01 Å². The molecule has 0 radical (unpaired) electrons. The number of carbonyl (C=O) groups is 1. The third-order valence-electron chi connectivity index (χ3n) is 3.09. The molecule has 1 aromatic heterocycles. The molecule has 19 heavy (non-hydrogen) atoms. The lowest BCUT2D eigenvalue weighted by molar-refractivity contribution is 0.189. The molecule has 1 fully saturated rings. The number of hydrazine groups is 1. The molecule has 0 aliphatic carbocycles. The van der Waals surface area contributed by atoms with Crippen molar-refractivity contribution in [3.8, 4) is 0 Å². The van der Waals surface area contributed by atoms with Gasteiger partial charge in [0.05, 0.1) is 5.69 Å². The molecule has 1 saturated heterocycles. The van der Waals surface area contributed by atoms with E-state index in [9.17, 15) is 4.79 Å². The van der Waals surface area contributed by atoms with E-state index in [2.05, 4.69) is 36.5 Å². The Labute approximate surface area is 118 Å². The average molecular weight is 282 g/mol. The number of rotatable bonds is 1. The lowest BCUT2D eigenvalue weighted by Crippen LogP contribution is -2.44. The van der Waals surface area contributed by atoms with Crippen LogP contribution in [0.4, 0.5) is 9.93 Å². The third kappa shape index (κ3) is 3.91. The van der Waals surface area contributed by atoms with Gasteiger partial charge >= 0.3 is 6.03 Å². The summed E-state index contributed by atoms with van der Waals surface area (Å²) in [7, 11) is 0. The van der Waals surface area contributed by atoms with Gasteiger partial charge < -0.3 is 0 Å². The molecule has 2 amide bonds. The van der Waals surface area contributed by atoms with Crippen molar-refractivity contribution in [1.82, 2.24) is 15.4 Å². The van der Waals surface area contributed by atoms with Crippen LogP contribution in [0.3, 0.4) is 0 Å². The predicted octanol–water partition coefficient (Wildman–Crippen LogP) is 2.96. The molecule has 2 heterocycles. The van der Waals surface area contributed by atoms with Crippen molar-refractivity contribution < 1.29 is 4.79 Å². The fraction of sp³-hybridized carbons (Fsp3) is 0.692. The maximum absolute atomic E-state index is 12.1. The SMILES string of the molecule is CC(C)(C)c1csc(NC(=O)N2CCCCCN2)n1. The molecular weight excluding hydrogens is 260 g/mol. The second-order valence-corrected chi connectivity index (χ2v) is 6.70. The van der Waals surface area contributed by atoms with E-state index in [-0.39, 0.29) is 11.4 Å². The monoisotopic (exact) mass is 282 g/mol. The van der Waals surface area contributed by atoms with Gasteiger partial charge in [0.1, 0.15) is 0 Å². The van der Waals surface area contributed by atoms with Crippen LogP contribution >= 0.6 is 11.3 Å². The van der Waals surface area contributed by atoms with Gasteiger partial charge in [0.2, 0.25) is 0 Å². The summed E-state index contributed by atoms with van der Waals surface area (Å²) in [4.78, 5) is 16.6. The largest absolute Gasteiger partial charge is 0.337 e. The average Bonchev–Trinajstić information content (AvgIpc) is 2.63. The summed E-state index contributed by atoms with van der Waals surface area (Å²) in [5.41, 5.74) is 4.16. The maximum atomic E-state index is 12.1. The number of thiazole rings is 1. The van der Waals surface area contributed by atoms with Crippen molar-refractivity contribution in [2.45, 2.75) is 45.4 Å². The fourth-order valence-electron chi connectivity index (χ4n) is 1.87. The highest BCUT2D eigenvalue weighted by Gasteiger charge is 2.20. The van der Waals surface area contributed by atoms with Crippen molar-refractivity contribution in [2.24, 2.45) is 0 Å². The number of aromatic nitrogens is 1. The van der Waals surface area contributed by atoms with Gasteiger partial charge in [-0.15, -0.1) is 11.3 Å². The molecule has 0 aromatic carbocycles. The Bertz CT molecular complexity index is 430. The Morgan fingerprint density at radius 1 is 1.42 bits per heavy atom. The highest BCUT2D eigenvalue weighted by atomic mass is 32.1. The van der Waals surface area contributed by atoms with Gasteiger partial charge in [-0.25, -0.2) is 15.2 Å². The summed E-state index contributed by atoms with van der Waals surface area (Å²) in [6, 6.07) is -0.114. The van der Waals surface area contributed by atoms with Gasteiger partial charge in [0, 0.05) is 23.9 Å². The minimum Gasteiger partial charge on any atom is -0.282 e. The first-order valence-corrected chi connectivity index (χ1v) is 7.63. The maximum Gasteiger partial charge on any atom is 0.337 e. The van der Waals surface area contributed by atoms with Crippen molar-refractivity contribution in [3.63, 3.8) is 0 Å². The predicted molar refractivity (Wildman–Crippen MR) is 78.4 cm³/mol. The van der Waals surface area contributed by atoms with Gasteiger partial charge in [-0.05, 0) is 12.8 Å². The standard InChI is InChI=1S/C13H22N4OS/c1-13(2,3)10-9-19-11(15-10)16-12(18)17-8-6-4-5-7-14-17/h9,14H,4-8H2,1-3H3,(H,15,16,18). The highest BCUT2D eigenvalue weighted by Crippen LogP contribution is 2.26. The van der Waals surface area contributed by atoms with E-state index in [0.29, 0.717) is 5.13 Å². The molecule has 1 aromatic rings. The van der Waals surface area contributed by atoms with Crippen LogP contribution in [0.2, 0.25) is 0 Å². The molecule has 0 unspecified atom stereocenters. The number of amides is 2. The van der Waals surface area contributed by atoms with E-state index in [1.807, 2.05) is 5.38 Å². The lowest BCUT2D eigenvalue weighted by atomic mass is 9.93. The number of anilines is 1. The Hall–Kier alpha value is -1.14. The summed E-state index contributed by atoms with van der Waals surface area (Å²) in [5, 5.41) is 7.19. The number of nitrogens with zero attached hydrogens (tertiary/aromatic N) is 2. The van der Waals surface area contributed by atoms with E-state index in [0.717, 1.165) is 31.6 Å². The van der Waals surface area contributed by atoms with Crippen LogP contribution in [0.15, 0.2) is 5.38 Å². The normalized spacial score (nSPS) is 17.1. The van der Waals surface area contributed by atoms with E-state index >= 15 is 0 Å². The lowest BCUT2D eigenvalue weighted by Gasteiger charge is -2.20. The smallest absolute Gasteiger partial charge is 0.282 e. The first-order chi connectivity index (χ1) is 8.97. The van der Waals surface area contributed by atoms with Gasteiger partial charge in [-0.2, -0.15) is 0 Å². The summed E-state index contributed by atoms with van der Waals surface area (Å²) >= 11 is 1.48. The van der Waals surface area contributed by atoms with E-state index in [1.165, 1.54) is 17.8 Å².